The molecule has 4 aliphatic rings. The first-order valence-electron chi connectivity index (χ1n) is 15.8. The van der Waals surface area contributed by atoms with Crippen molar-refractivity contribution in [1.29, 1.82) is 0 Å². The highest BCUT2D eigenvalue weighted by Crippen LogP contribution is 2.55. The molecule has 1 spiro atoms. The van der Waals surface area contributed by atoms with Crippen LogP contribution in [0.3, 0.4) is 0 Å². The van der Waals surface area contributed by atoms with Crippen LogP contribution in [-0.4, -0.2) is 84.7 Å². The molecule has 0 amide bonds. The lowest BCUT2D eigenvalue weighted by molar-refractivity contribution is -0.0904. The van der Waals surface area contributed by atoms with E-state index >= 15 is 0 Å². The molecule has 238 valence electrons. The van der Waals surface area contributed by atoms with Crippen LogP contribution in [0.15, 0.2) is 101 Å². The molecule has 2 fully saturated rings. The molecule has 3 unspecified atom stereocenters. The van der Waals surface area contributed by atoms with E-state index in [1.165, 1.54) is 0 Å². The van der Waals surface area contributed by atoms with Crippen molar-refractivity contribution in [1.82, 2.24) is 15.1 Å². The van der Waals surface area contributed by atoms with E-state index in [-0.39, 0.29) is 11.2 Å². The number of ether oxygens (including phenoxy) is 1. The van der Waals surface area contributed by atoms with Gasteiger partial charge in [-0.1, -0.05) is 93.4 Å². The van der Waals surface area contributed by atoms with Gasteiger partial charge in [-0.25, -0.2) is 4.99 Å². The molecule has 3 aliphatic heterocycles. The van der Waals surface area contributed by atoms with Gasteiger partial charge in [0.05, 0.1) is 24.8 Å². The van der Waals surface area contributed by atoms with Crippen LogP contribution in [0.2, 0.25) is 5.04 Å². The van der Waals surface area contributed by atoms with Gasteiger partial charge in [-0.15, -0.1) is 6.42 Å². The van der Waals surface area contributed by atoms with E-state index in [0.717, 1.165) is 27.3 Å². The SMILES string of the molecule is C#Cc1cccc(NC2C3=C(N=CN2C)N([C@@H]2OC4(CC4O[Si](c4ccccc4)(c4ccccc4)C(C)(C)C)[C@@H](O)[C@H]2O)CN3)c1. The second kappa shape index (κ2) is 11.3. The molecule has 1 saturated carbocycles. The molecule has 46 heavy (non-hydrogen) atoms. The van der Waals surface area contributed by atoms with Crippen LogP contribution in [0.5, 0.6) is 0 Å². The predicted octanol–water partition coefficient (Wildman–Crippen LogP) is 2.58. The first-order chi connectivity index (χ1) is 22.1. The number of aliphatic hydroxyl groups excluding tert-OH is 2. The van der Waals surface area contributed by atoms with Crippen LogP contribution in [0.1, 0.15) is 32.8 Å². The molecule has 9 nitrogen and oxygen atoms in total. The Bertz CT molecular complexity index is 1660. The van der Waals surface area contributed by atoms with E-state index in [2.05, 4.69) is 85.9 Å². The fraction of sp³-hybridized carbons (Fsp3) is 0.361. The van der Waals surface area contributed by atoms with Gasteiger partial charge in [-0.3, -0.25) is 0 Å². The Morgan fingerprint density at radius 2 is 1.72 bits per heavy atom. The quantitative estimate of drug-likeness (QED) is 0.232. The molecular formula is C36H41N5O4Si. The third-order valence-corrected chi connectivity index (χ3v) is 14.8. The van der Waals surface area contributed by atoms with Gasteiger partial charge in [-0.05, 0) is 33.6 Å². The molecule has 3 aromatic carbocycles. The van der Waals surface area contributed by atoms with Crippen molar-refractivity contribution < 1.29 is 19.4 Å². The summed E-state index contributed by atoms with van der Waals surface area (Å²) in [7, 11) is -0.954. The maximum Gasteiger partial charge on any atom is 0.261 e. The van der Waals surface area contributed by atoms with E-state index < -0.39 is 38.5 Å². The van der Waals surface area contributed by atoms with Gasteiger partial charge in [0.25, 0.3) is 8.32 Å². The van der Waals surface area contributed by atoms with Crippen molar-refractivity contribution in [2.45, 2.75) is 68.5 Å². The van der Waals surface area contributed by atoms with Crippen molar-refractivity contribution in [3.63, 3.8) is 0 Å². The number of aliphatic hydroxyl groups is 2. The minimum atomic E-state index is -2.90. The Hall–Kier alpha value is -4.11. The first kappa shape index (κ1) is 30.5. The topological polar surface area (TPSA) is 102 Å². The smallest absolute Gasteiger partial charge is 0.261 e. The average molecular weight is 636 g/mol. The van der Waals surface area contributed by atoms with Gasteiger partial charge in [0.2, 0.25) is 0 Å². The zero-order valence-corrected chi connectivity index (χ0v) is 27.6. The summed E-state index contributed by atoms with van der Waals surface area (Å²) in [6.45, 7) is 7.05. The summed E-state index contributed by atoms with van der Waals surface area (Å²) < 4.78 is 14.0. The van der Waals surface area contributed by atoms with E-state index in [9.17, 15) is 10.2 Å². The van der Waals surface area contributed by atoms with Gasteiger partial charge < -0.3 is 39.8 Å². The number of nitrogens with zero attached hydrogens (tertiary/aromatic N) is 3. The number of rotatable bonds is 7. The van der Waals surface area contributed by atoms with Crippen molar-refractivity contribution in [3.8, 4) is 12.3 Å². The summed E-state index contributed by atoms with van der Waals surface area (Å²) in [6.07, 6.45) is 4.12. The van der Waals surface area contributed by atoms with Crippen LogP contribution < -0.4 is 21.0 Å². The number of aliphatic imine (C=N–C) groups is 1. The first-order valence-corrected chi connectivity index (χ1v) is 17.7. The molecule has 10 heteroatoms. The minimum Gasteiger partial charge on any atom is -0.401 e. The lowest BCUT2D eigenvalue weighted by atomic mass is 10.1. The third-order valence-electron chi connectivity index (χ3n) is 9.72. The molecule has 0 aromatic heterocycles. The lowest BCUT2D eigenvalue weighted by Crippen LogP contribution is -2.67. The number of hydrogen-bond acceptors (Lipinski definition) is 9. The van der Waals surface area contributed by atoms with Gasteiger partial charge in [-0.2, -0.15) is 0 Å². The maximum atomic E-state index is 11.6. The monoisotopic (exact) mass is 635 g/mol. The normalized spacial score (nSPS) is 28.7. The number of nitrogens with one attached hydrogen (secondary N) is 2. The maximum absolute atomic E-state index is 11.6. The number of benzene rings is 3. The Balaban J connectivity index is 1.17. The van der Waals surface area contributed by atoms with Crippen LogP contribution >= 0.6 is 0 Å². The fourth-order valence-electron chi connectivity index (χ4n) is 7.27. The lowest BCUT2D eigenvalue weighted by Gasteiger charge is -2.43. The highest BCUT2D eigenvalue weighted by Gasteiger charge is 2.72. The molecule has 6 atom stereocenters. The Labute approximate surface area is 271 Å². The van der Waals surface area contributed by atoms with E-state index in [0.29, 0.717) is 18.9 Å². The molecule has 3 aromatic rings. The predicted molar refractivity (Wildman–Crippen MR) is 182 cm³/mol. The Morgan fingerprint density at radius 3 is 2.35 bits per heavy atom. The number of likely N-dealkylation sites (N-methyl/N-ethyl adjacent to an activating group) is 1. The van der Waals surface area contributed by atoms with E-state index in [4.69, 9.17) is 20.6 Å². The highest BCUT2D eigenvalue weighted by atomic mass is 28.4. The zero-order valence-electron chi connectivity index (χ0n) is 26.6. The van der Waals surface area contributed by atoms with Crippen LogP contribution in [0.4, 0.5) is 5.69 Å². The van der Waals surface area contributed by atoms with Gasteiger partial charge in [0.1, 0.15) is 24.0 Å². The highest BCUT2D eigenvalue weighted by molar-refractivity contribution is 6.99. The summed E-state index contributed by atoms with van der Waals surface area (Å²) in [4.78, 5) is 8.58. The average Bonchev–Trinajstić information content (AvgIpc) is 3.48. The van der Waals surface area contributed by atoms with E-state index in [1.807, 2.05) is 53.2 Å². The summed E-state index contributed by atoms with van der Waals surface area (Å²) in [5.74, 6) is 3.34. The zero-order chi connectivity index (χ0) is 32.3. The third kappa shape index (κ3) is 4.82. The molecule has 0 bridgehead atoms. The molecule has 1 aliphatic carbocycles. The molecule has 4 N–H and O–H groups in total. The van der Waals surface area contributed by atoms with Crippen molar-refractivity contribution >= 4 is 30.7 Å². The summed E-state index contributed by atoms with van der Waals surface area (Å²) in [5.41, 5.74) is 1.48. The second-order valence-corrected chi connectivity index (χ2v) is 17.8. The largest absolute Gasteiger partial charge is 0.401 e. The second-order valence-electron chi connectivity index (χ2n) is 13.6. The van der Waals surface area contributed by atoms with Crippen molar-refractivity contribution in [2.24, 2.45) is 4.99 Å². The minimum absolute atomic E-state index is 0.232. The molecule has 0 radical (unpaired) electrons. The fourth-order valence-corrected chi connectivity index (χ4v) is 12.0. The van der Waals surface area contributed by atoms with E-state index in [1.54, 1.807) is 6.34 Å². The number of terminal acetylenes is 1. The summed E-state index contributed by atoms with van der Waals surface area (Å²) in [6, 6.07) is 28.6. The standard InChI is InChI=1S/C36H41N5O4Si/c1-6-24-14-13-15-25(20-24)39-33-29-32(38-22-40(33)5)41(23-37-29)34-30(42)31(43)36(44-34)21-28(36)45-46(35(2,3)4,26-16-9-7-10-17-26)27-18-11-8-12-19-27/h1,7-20,22,28,30-31,33-34,37,39,42-43H,21,23H2,2-5H3/t28?,30-,31+,33?,34-,36?/m1/s1. The number of hydrogen-bond donors (Lipinski definition) is 4. The summed E-state index contributed by atoms with van der Waals surface area (Å²) in [5, 5.41) is 32.2. The molecule has 3 heterocycles. The van der Waals surface area contributed by atoms with Gasteiger partial charge in [0, 0.05) is 24.7 Å². The Kier molecular flexibility index (Phi) is 7.50. The van der Waals surface area contributed by atoms with Gasteiger partial charge >= 0.3 is 0 Å². The molecular weight excluding hydrogens is 595 g/mol. The van der Waals surface area contributed by atoms with Crippen LogP contribution in [-0.2, 0) is 9.16 Å². The van der Waals surface area contributed by atoms with Crippen LogP contribution in [0.25, 0.3) is 0 Å². The summed E-state index contributed by atoms with van der Waals surface area (Å²) >= 11 is 0. The van der Waals surface area contributed by atoms with Crippen LogP contribution in [0, 0.1) is 12.3 Å². The molecule has 7 rings (SSSR count). The van der Waals surface area contributed by atoms with Crippen molar-refractivity contribution in [3.05, 3.63) is 102 Å². The van der Waals surface area contributed by atoms with Crippen molar-refractivity contribution in [2.75, 3.05) is 19.0 Å². The van der Waals surface area contributed by atoms with Gasteiger partial charge in [0.15, 0.2) is 12.0 Å². The number of anilines is 1. The molecule has 1 saturated heterocycles. The Morgan fingerprint density at radius 1 is 1.04 bits per heavy atom.